The summed E-state index contributed by atoms with van der Waals surface area (Å²) in [4.78, 5) is 0. The Morgan fingerprint density at radius 3 is 2.47 bits per heavy atom. The highest BCUT2D eigenvalue weighted by Crippen LogP contribution is 2.36. The second-order valence-electron chi connectivity index (χ2n) is 4.17. The smallest absolute Gasteiger partial charge is 0.135 e. The lowest BCUT2D eigenvalue weighted by Gasteiger charge is -2.14. The Morgan fingerprint density at radius 2 is 1.79 bits per heavy atom. The van der Waals surface area contributed by atoms with Crippen molar-refractivity contribution >= 4 is 48.9 Å². The Morgan fingerprint density at radius 1 is 1.05 bits per heavy atom. The van der Waals surface area contributed by atoms with Crippen LogP contribution in [0.5, 0.6) is 5.75 Å². The molecule has 0 bridgehead atoms. The van der Waals surface area contributed by atoms with E-state index in [1.54, 1.807) is 7.11 Å². The van der Waals surface area contributed by atoms with Crippen LogP contribution in [0.25, 0.3) is 0 Å². The minimum atomic E-state index is 0.730. The molecule has 0 spiro atoms. The first-order valence-electron chi connectivity index (χ1n) is 5.67. The molecule has 0 saturated heterocycles. The van der Waals surface area contributed by atoms with Crippen LogP contribution in [-0.2, 0) is 0 Å². The average Bonchev–Trinajstić information content (AvgIpc) is 2.37. The van der Waals surface area contributed by atoms with E-state index < -0.39 is 0 Å². The van der Waals surface area contributed by atoms with Crippen molar-refractivity contribution in [2.24, 2.45) is 0 Å². The minimum Gasteiger partial charge on any atom is -0.495 e. The Hall–Kier alpha value is -1.20. The highest BCUT2D eigenvalue weighted by atomic mass is 79.9. The number of aryl methyl sites for hydroxylation is 1. The zero-order valence-corrected chi connectivity index (χ0v) is 13.8. The van der Waals surface area contributed by atoms with Crippen LogP contribution in [0, 0.1) is 6.92 Å². The van der Waals surface area contributed by atoms with Crippen molar-refractivity contribution in [3.8, 4) is 5.75 Å². The molecule has 3 nitrogen and oxygen atoms in total. The fourth-order valence-corrected chi connectivity index (χ4v) is 2.96. The van der Waals surface area contributed by atoms with Gasteiger partial charge >= 0.3 is 0 Å². The van der Waals surface area contributed by atoms with Gasteiger partial charge in [0.15, 0.2) is 0 Å². The fraction of sp³-hybridized carbons (Fsp3) is 0.143. The largest absolute Gasteiger partial charge is 0.495 e. The number of nitrogen functional groups attached to an aromatic ring is 1. The van der Waals surface area contributed by atoms with Gasteiger partial charge in [0.2, 0.25) is 0 Å². The summed E-state index contributed by atoms with van der Waals surface area (Å²) < 4.78 is 7.15. The first-order chi connectivity index (χ1) is 9.01. The topological polar surface area (TPSA) is 47.3 Å². The summed E-state index contributed by atoms with van der Waals surface area (Å²) in [6, 6.07) is 9.66. The van der Waals surface area contributed by atoms with Gasteiger partial charge in [0.25, 0.3) is 0 Å². The first kappa shape index (κ1) is 14.2. The van der Waals surface area contributed by atoms with E-state index in [4.69, 9.17) is 10.5 Å². The molecule has 0 radical (unpaired) electrons. The molecule has 0 atom stereocenters. The van der Waals surface area contributed by atoms with Crippen LogP contribution in [-0.4, -0.2) is 7.11 Å². The van der Waals surface area contributed by atoms with Crippen LogP contribution in [0.2, 0.25) is 0 Å². The summed E-state index contributed by atoms with van der Waals surface area (Å²) in [6.07, 6.45) is 0. The van der Waals surface area contributed by atoms with Crippen molar-refractivity contribution in [3.63, 3.8) is 0 Å². The number of ether oxygens (including phenoxy) is 1. The number of hydrogen-bond donors (Lipinski definition) is 2. The van der Waals surface area contributed by atoms with Crippen molar-refractivity contribution < 1.29 is 4.74 Å². The van der Waals surface area contributed by atoms with Gasteiger partial charge < -0.3 is 15.8 Å². The van der Waals surface area contributed by atoms with Gasteiger partial charge in [-0.25, -0.2) is 0 Å². The monoisotopic (exact) mass is 384 g/mol. The van der Waals surface area contributed by atoms with Gasteiger partial charge in [-0.05, 0) is 62.5 Å². The molecule has 2 rings (SSSR count). The van der Waals surface area contributed by atoms with E-state index in [2.05, 4.69) is 37.2 Å². The van der Waals surface area contributed by atoms with Crippen molar-refractivity contribution in [3.05, 3.63) is 44.8 Å². The summed E-state index contributed by atoms with van der Waals surface area (Å²) in [5, 5.41) is 3.36. The number of nitrogens with two attached hydrogens (primary N) is 1. The molecule has 0 saturated carbocycles. The van der Waals surface area contributed by atoms with Gasteiger partial charge in [-0.3, -0.25) is 0 Å². The molecule has 0 fully saturated rings. The maximum Gasteiger partial charge on any atom is 0.135 e. The van der Waals surface area contributed by atoms with Gasteiger partial charge in [-0.15, -0.1) is 0 Å². The van der Waals surface area contributed by atoms with E-state index in [1.807, 2.05) is 37.3 Å². The standard InChI is InChI=1S/C14H14Br2N2O/c1-8-3-4-9(17)5-12(8)18-13-7-14(19-2)11(16)6-10(13)15/h3-7,18H,17H2,1-2H3. The van der Waals surface area contributed by atoms with Crippen LogP contribution in [0.4, 0.5) is 17.1 Å². The van der Waals surface area contributed by atoms with Crippen molar-refractivity contribution in [2.45, 2.75) is 6.92 Å². The summed E-state index contributed by atoms with van der Waals surface area (Å²) in [6.45, 7) is 2.03. The molecule has 5 heteroatoms. The van der Waals surface area contributed by atoms with E-state index >= 15 is 0 Å². The van der Waals surface area contributed by atoms with Gasteiger partial charge in [0, 0.05) is 21.9 Å². The quantitative estimate of drug-likeness (QED) is 0.742. The third-order valence-electron chi connectivity index (χ3n) is 2.77. The van der Waals surface area contributed by atoms with E-state index in [9.17, 15) is 0 Å². The molecular weight excluding hydrogens is 372 g/mol. The molecule has 2 aromatic carbocycles. The number of rotatable bonds is 3. The molecule has 0 aliphatic rings. The van der Waals surface area contributed by atoms with Crippen molar-refractivity contribution in [2.75, 3.05) is 18.2 Å². The fourth-order valence-electron chi connectivity index (χ4n) is 1.70. The van der Waals surface area contributed by atoms with Crippen LogP contribution in [0.1, 0.15) is 5.56 Å². The van der Waals surface area contributed by atoms with Gasteiger partial charge in [0.05, 0.1) is 17.3 Å². The maximum absolute atomic E-state index is 5.82. The molecule has 0 aliphatic heterocycles. The zero-order valence-electron chi connectivity index (χ0n) is 10.6. The third-order valence-corrected chi connectivity index (χ3v) is 4.05. The minimum absolute atomic E-state index is 0.730. The molecule has 0 amide bonds. The number of halogens is 2. The van der Waals surface area contributed by atoms with Gasteiger partial charge in [-0.2, -0.15) is 0 Å². The Labute approximate surface area is 129 Å². The molecule has 3 N–H and O–H groups in total. The molecule has 100 valence electrons. The summed E-state index contributed by atoms with van der Waals surface area (Å²) in [7, 11) is 1.64. The number of hydrogen-bond acceptors (Lipinski definition) is 3. The van der Waals surface area contributed by atoms with Crippen molar-refractivity contribution in [1.29, 1.82) is 0 Å². The predicted molar refractivity (Wildman–Crippen MR) is 87.3 cm³/mol. The zero-order chi connectivity index (χ0) is 14.0. The Bertz CT molecular complexity index is 615. The van der Waals surface area contributed by atoms with Gasteiger partial charge in [-0.1, -0.05) is 6.07 Å². The van der Waals surface area contributed by atoms with E-state index in [0.717, 1.165) is 37.3 Å². The molecule has 0 aromatic heterocycles. The second-order valence-corrected chi connectivity index (χ2v) is 5.87. The molecule has 0 unspecified atom stereocenters. The lowest BCUT2D eigenvalue weighted by molar-refractivity contribution is 0.412. The van der Waals surface area contributed by atoms with Gasteiger partial charge in [0.1, 0.15) is 5.75 Å². The lowest BCUT2D eigenvalue weighted by Crippen LogP contribution is -1.97. The normalized spacial score (nSPS) is 10.3. The van der Waals surface area contributed by atoms with Crippen LogP contribution in [0.3, 0.4) is 0 Å². The second kappa shape index (κ2) is 5.84. The SMILES string of the molecule is COc1cc(Nc2cc(N)ccc2C)c(Br)cc1Br. The summed E-state index contributed by atoms with van der Waals surface area (Å²) in [5.41, 5.74) is 9.57. The van der Waals surface area contributed by atoms with Crippen LogP contribution >= 0.6 is 31.9 Å². The van der Waals surface area contributed by atoms with E-state index in [0.29, 0.717) is 0 Å². The van der Waals surface area contributed by atoms with Crippen molar-refractivity contribution in [1.82, 2.24) is 0 Å². The van der Waals surface area contributed by atoms with E-state index in [-0.39, 0.29) is 0 Å². The number of methoxy groups -OCH3 is 1. The van der Waals surface area contributed by atoms with Crippen LogP contribution < -0.4 is 15.8 Å². The Balaban J connectivity index is 2.40. The summed E-state index contributed by atoms with van der Waals surface area (Å²) >= 11 is 6.98. The average molecular weight is 386 g/mol. The molecule has 19 heavy (non-hydrogen) atoms. The van der Waals surface area contributed by atoms with E-state index in [1.165, 1.54) is 0 Å². The molecule has 0 heterocycles. The Kier molecular flexibility index (Phi) is 4.37. The molecular formula is C14H14Br2N2O. The highest BCUT2D eigenvalue weighted by Gasteiger charge is 2.08. The molecule has 2 aromatic rings. The number of benzene rings is 2. The van der Waals surface area contributed by atoms with Crippen LogP contribution in [0.15, 0.2) is 39.3 Å². The molecule has 0 aliphatic carbocycles. The number of nitrogens with one attached hydrogen (secondary N) is 1. The lowest BCUT2D eigenvalue weighted by atomic mass is 10.1. The number of anilines is 3. The summed E-state index contributed by atoms with van der Waals surface area (Å²) in [5.74, 6) is 0.771. The first-order valence-corrected chi connectivity index (χ1v) is 7.26. The highest BCUT2D eigenvalue weighted by molar-refractivity contribution is 9.11. The maximum atomic E-state index is 5.82. The third kappa shape index (κ3) is 3.22. The predicted octanol–water partition coefficient (Wildman–Crippen LogP) is 4.85.